The molecule has 0 radical (unpaired) electrons. The Morgan fingerprint density at radius 1 is 0.797 bits per heavy atom. The summed E-state index contributed by atoms with van der Waals surface area (Å²) in [4.78, 5) is 123. The molecular weight excluding hydrogens is 887 g/mol. The van der Waals surface area contributed by atoms with Gasteiger partial charge < -0.3 is 52.9 Å². The number of rotatable bonds is 11. The number of fused-ring (bicyclic) bond motifs is 4. The summed E-state index contributed by atoms with van der Waals surface area (Å²) in [6.07, 6.45) is 4.92. The van der Waals surface area contributed by atoms with E-state index in [1.165, 1.54) is 19.4 Å². The lowest BCUT2D eigenvalue weighted by Gasteiger charge is -2.29. The minimum absolute atomic E-state index is 0.00698. The first kappa shape index (κ1) is 48.8. The van der Waals surface area contributed by atoms with E-state index in [-0.39, 0.29) is 63.4 Å². The summed E-state index contributed by atoms with van der Waals surface area (Å²) in [5.41, 5.74) is 8.05. The molecule has 8 amide bonds. The molecule has 362 valence electrons. The summed E-state index contributed by atoms with van der Waals surface area (Å²) in [5, 5.41) is 29.4. The van der Waals surface area contributed by atoms with Crippen molar-refractivity contribution in [2.24, 2.45) is 5.73 Å². The van der Waals surface area contributed by atoms with Crippen molar-refractivity contribution in [1.29, 1.82) is 5.41 Å². The van der Waals surface area contributed by atoms with Crippen molar-refractivity contribution in [2.45, 2.75) is 101 Å². The lowest BCUT2D eigenvalue weighted by atomic mass is 9.99. The fourth-order valence-electron chi connectivity index (χ4n) is 8.65. The Morgan fingerprint density at radius 3 is 2.28 bits per heavy atom. The van der Waals surface area contributed by atoms with Gasteiger partial charge in [0.15, 0.2) is 11.7 Å². The summed E-state index contributed by atoms with van der Waals surface area (Å²) in [6, 6.07) is 11.8. The Bertz CT molecular complexity index is 2720. The highest BCUT2D eigenvalue weighted by molar-refractivity contribution is 6.09. The van der Waals surface area contributed by atoms with Crippen molar-refractivity contribution < 1.29 is 38.4 Å². The number of para-hydroxylation sites is 1. The van der Waals surface area contributed by atoms with E-state index in [1.807, 2.05) is 60.7 Å². The first-order valence-corrected chi connectivity index (χ1v) is 22.9. The van der Waals surface area contributed by atoms with E-state index < -0.39 is 84.1 Å². The van der Waals surface area contributed by atoms with Gasteiger partial charge in [-0.05, 0) is 67.0 Å². The van der Waals surface area contributed by atoms with E-state index in [0.717, 1.165) is 26.6 Å². The predicted octanol–water partition coefficient (Wildman–Crippen LogP) is 0.843. The molecule has 21 nitrogen and oxygen atoms in total. The van der Waals surface area contributed by atoms with Gasteiger partial charge in [0.2, 0.25) is 29.5 Å². The number of ketones is 1. The number of benzene rings is 3. The molecule has 2 aromatic heterocycles. The summed E-state index contributed by atoms with van der Waals surface area (Å²) < 4.78 is 0. The first-order valence-electron chi connectivity index (χ1n) is 22.9. The molecule has 2 aliphatic rings. The maximum Gasteiger partial charge on any atom is 0.325 e. The second kappa shape index (κ2) is 22.6. The number of aromatic amines is 2. The van der Waals surface area contributed by atoms with E-state index in [4.69, 9.17) is 11.1 Å². The zero-order chi connectivity index (χ0) is 49.0. The number of carbonyl (C=O) groups is 8. The zero-order valence-electron chi connectivity index (χ0n) is 38.1. The van der Waals surface area contributed by atoms with Crippen LogP contribution in [0, 0.1) is 5.41 Å². The highest BCUT2D eigenvalue weighted by Gasteiger charge is 2.46. The van der Waals surface area contributed by atoms with E-state index in [0.29, 0.717) is 29.7 Å². The SMILES string of the molecule is CC(=O)[C@@H]1CCCCNC(=O)C[C@@H]2NC(=O)N(C2=O)[C@@H](Cc2cnc[nH]2)C(=O)N[C@H](Cc2ccc3ccccc3c2)C(=O)N[C@@H](CCCNC(=N)N)C(=O)N[C@@H](Cc2c[nH]c3ccccc23)C(=O)N1. The Balaban J connectivity index is 1.26. The number of imide groups is 1. The number of amides is 8. The van der Waals surface area contributed by atoms with Gasteiger partial charge >= 0.3 is 6.03 Å². The molecule has 5 aromatic rings. The molecule has 12 N–H and O–H groups in total. The van der Waals surface area contributed by atoms with Crippen LogP contribution >= 0.6 is 0 Å². The number of H-pyrrole nitrogens is 2. The molecule has 0 aliphatic carbocycles. The van der Waals surface area contributed by atoms with E-state index in [9.17, 15) is 38.4 Å². The van der Waals surface area contributed by atoms with Gasteiger partial charge in [-0.2, -0.15) is 0 Å². The molecule has 0 spiro atoms. The van der Waals surface area contributed by atoms with Crippen LogP contribution < -0.4 is 43.0 Å². The fraction of sp³-hybridized carbons (Fsp3) is 0.375. The molecule has 4 heterocycles. The van der Waals surface area contributed by atoms with Crippen molar-refractivity contribution >= 4 is 74.9 Å². The van der Waals surface area contributed by atoms with Gasteiger partial charge in [0.05, 0.1) is 18.8 Å². The van der Waals surface area contributed by atoms with E-state index >= 15 is 0 Å². The summed E-state index contributed by atoms with van der Waals surface area (Å²) in [6.45, 7) is 1.65. The molecule has 3 aromatic carbocycles. The Hall–Kier alpha value is -8.10. The number of imidazole rings is 1. The van der Waals surface area contributed by atoms with Gasteiger partial charge in [-0.25, -0.2) is 14.7 Å². The fourth-order valence-corrected chi connectivity index (χ4v) is 8.65. The van der Waals surface area contributed by atoms with Crippen LogP contribution in [-0.2, 0) is 52.8 Å². The molecule has 0 unspecified atom stereocenters. The lowest BCUT2D eigenvalue weighted by Crippen LogP contribution is -2.60. The lowest BCUT2D eigenvalue weighted by molar-refractivity contribution is -0.138. The first-order chi connectivity index (χ1) is 33.2. The Kier molecular flexibility index (Phi) is 16.0. The van der Waals surface area contributed by atoms with Gasteiger partial charge in [-0.15, -0.1) is 0 Å². The minimum Gasteiger partial charge on any atom is -0.370 e. The molecule has 0 saturated carbocycles. The van der Waals surface area contributed by atoms with Crippen molar-refractivity contribution in [3.63, 3.8) is 0 Å². The average Bonchev–Trinajstić information content (AvgIpc) is 4.06. The Labute approximate surface area is 396 Å². The predicted molar refractivity (Wildman–Crippen MR) is 254 cm³/mol. The number of guanidine groups is 1. The maximum atomic E-state index is 14.8. The minimum atomic E-state index is -1.53. The van der Waals surface area contributed by atoms with Crippen molar-refractivity contribution in [2.75, 3.05) is 13.1 Å². The normalized spacial score (nSPS) is 22.5. The van der Waals surface area contributed by atoms with Crippen LogP contribution in [0.2, 0.25) is 0 Å². The topological polar surface area (TPSA) is 318 Å². The smallest absolute Gasteiger partial charge is 0.325 e. The van der Waals surface area contributed by atoms with Crippen LogP contribution in [0.4, 0.5) is 4.79 Å². The van der Waals surface area contributed by atoms with Crippen LogP contribution in [0.15, 0.2) is 85.5 Å². The Morgan fingerprint density at radius 2 is 1.51 bits per heavy atom. The summed E-state index contributed by atoms with van der Waals surface area (Å²) >= 11 is 0. The summed E-state index contributed by atoms with van der Waals surface area (Å²) in [5.74, 6) is -5.11. The van der Waals surface area contributed by atoms with Gasteiger partial charge in [0.1, 0.15) is 30.2 Å². The molecule has 69 heavy (non-hydrogen) atoms. The largest absolute Gasteiger partial charge is 0.370 e. The quantitative estimate of drug-likeness (QED) is 0.0382. The highest BCUT2D eigenvalue weighted by atomic mass is 16.2. The van der Waals surface area contributed by atoms with Gasteiger partial charge in [-0.1, -0.05) is 60.7 Å². The van der Waals surface area contributed by atoms with E-state index in [2.05, 4.69) is 52.2 Å². The number of hydrogen-bond acceptors (Lipinski definition) is 10. The molecule has 2 aliphatic heterocycles. The monoisotopic (exact) mass is 943 g/mol. The van der Waals surface area contributed by atoms with Crippen LogP contribution in [0.1, 0.15) is 62.3 Å². The standard InChI is InChI=1S/C48H57N13O8/c1-27(62)34-12-6-7-17-52-41(63)23-39-46(68)61(48(69)60-39)40(22-32-25-51-26-55-32)45(67)59-37(20-28-15-16-29-9-2-3-10-30(29)19-28)43(65)57-36(14-8-18-53-47(49)50)42(64)58-38(44(66)56-34)21-31-24-54-35-13-5-4-11-33(31)35/h2-5,9-11,13,15-16,19,24-26,34,36-40,54H,6-8,12,14,17-18,20-23H2,1H3,(H,51,55)(H,52,63)(H,56,66)(H,57,65)(H,58,64)(H,59,67)(H,60,69)(H4,49,50,53)/t34-,36-,37+,38-,39-,40-/m0/s1. The molecular formula is C48H57N13O8. The van der Waals surface area contributed by atoms with Crippen molar-refractivity contribution in [3.8, 4) is 0 Å². The molecule has 21 heteroatoms. The maximum absolute atomic E-state index is 14.8. The van der Waals surface area contributed by atoms with Crippen molar-refractivity contribution in [1.82, 2.24) is 57.1 Å². The molecule has 2 saturated heterocycles. The van der Waals surface area contributed by atoms with Gasteiger partial charge in [0.25, 0.3) is 5.91 Å². The zero-order valence-corrected chi connectivity index (χ0v) is 38.1. The van der Waals surface area contributed by atoms with Crippen LogP contribution in [-0.4, -0.2) is 122 Å². The number of hydrogen-bond donors (Lipinski definition) is 11. The average molecular weight is 944 g/mol. The molecule has 2 fully saturated rings. The van der Waals surface area contributed by atoms with Crippen LogP contribution in [0.5, 0.6) is 0 Å². The second-order valence-electron chi connectivity index (χ2n) is 17.3. The number of urea groups is 1. The molecule has 6 atom stereocenters. The number of Topliss-reactive ketones (excluding diaryl/α,β-unsaturated/α-hetero) is 1. The number of carbonyl (C=O) groups excluding carboxylic acids is 8. The van der Waals surface area contributed by atoms with E-state index in [1.54, 1.807) is 12.3 Å². The van der Waals surface area contributed by atoms with Crippen LogP contribution in [0.3, 0.4) is 0 Å². The summed E-state index contributed by atoms with van der Waals surface area (Å²) in [7, 11) is 0. The van der Waals surface area contributed by atoms with Crippen LogP contribution in [0.25, 0.3) is 21.7 Å². The number of aromatic nitrogens is 3. The third-order valence-corrected chi connectivity index (χ3v) is 12.3. The number of nitrogens with zero attached hydrogens (tertiary/aromatic N) is 2. The number of nitrogens with one attached hydrogen (secondary N) is 10. The van der Waals surface area contributed by atoms with Gasteiger partial charge in [-0.3, -0.25) is 39.0 Å². The second-order valence-corrected chi connectivity index (χ2v) is 17.3. The highest BCUT2D eigenvalue weighted by Crippen LogP contribution is 2.22. The number of nitrogens with two attached hydrogens (primary N) is 1. The molecule has 7 rings (SSSR count). The van der Waals surface area contributed by atoms with Crippen molar-refractivity contribution in [3.05, 3.63) is 102 Å². The third-order valence-electron chi connectivity index (χ3n) is 12.3. The third kappa shape index (κ3) is 12.7. The molecule has 2 bridgehead atoms. The van der Waals surface area contributed by atoms with Gasteiger partial charge in [0, 0.05) is 61.3 Å².